The Balaban J connectivity index is 1.39. The van der Waals surface area contributed by atoms with Crippen LogP contribution in [-0.2, 0) is 14.6 Å². The Morgan fingerprint density at radius 1 is 1.42 bits per heavy atom. The zero-order chi connectivity index (χ0) is 18.5. The molecule has 1 saturated carbocycles. The molecule has 1 amide bonds. The maximum absolute atomic E-state index is 11.0. The number of nitrogens with zero attached hydrogens (tertiary/aromatic N) is 2. The molecule has 1 aliphatic carbocycles. The third kappa shape index (κ3) is 5.01. The Bertz CT molecular complexity index is 749. The second-order valence-electron chi connectivity index (χ2n) is 6.32. The first kappa shape index (κ1) is 18.8. The fraction of sp³-hybridized carbons (Fsp3) is 0.562. The summed E-state index contributed by atoms with van der Waals surface area (Å²) in [6.45, 7) is 4.51. The van der Waals surface area contributed by atoms with E-state index < -0.39 is 0 Å². The maximum Gasteiger partial charge on any atom is 0.318 e. The minimum atomic E-state index is -0.0473. The van der Waals surface area contributed by atoms with Crippen LogP contribution in [0.5, 0.6) is 11.1 Å². The van der Waals surface area contributed by atoms with Gasteiger partial charge in [0, 0.05) is 19.0 Å². The van der Waals surface area contributed by atoms with Gasteiger partial charge in [0.05, 0.1) is 19.3 Å². The van der Waals surface area contributed by atoms with Crippen molar-refractivity contribution in [3.63, 3.8) is 0 Å². The molecular weight excluding hydrogens is 362 g/mol. The highest BCUT2D eigenvalue weighted by atomic mass is 32.1. The predicted octanol–water partition coefficient (Wildman–Crippen LogP) is 2.17. The van der Waals surface area contributed by atoms with Crippen LogP contribution in [0.2, 0.25) is 0 Å². The molecular formula is C16H21N3O6S. The van der Waals surface area contributed by atoms with Crippen molar-refractivity contribution in [2.45, 2.75) is 38.8 Å². The molecule has 10 heteroatoms. The van der Waals surface area contributed by atoms with Crippen molar-refractivity contribution in [1.29, 1.82) is 0 Å². The van der Waals surface area contributed by atoms with Gasteiger partial charge < -0.3 is 14.8 Å². The largest absolute Gasteiger partial charge is 0.477 e. The van der Waals surface area contributed by atoms with Gasteiger partial charge in [-0.3, -0.25) is 9.68 Å². The Hall–Kier alpha value is -2.01. The molecule has 3 rings (SSSR count). The lowest BCUT2D eigenvalue weighted by molar-refractivity contribution is -0.438. The molecule has 9 nitrogen and oxygen atoms in total. The first-order chi connectivity index (χ1) is 12.5. The average molecular weight is 383 g/mol. The highest BCUT2D eigenvalue weighted by molar-refractivity contribution is 7.19. The summed E-state index contributed by atoms with van der Waals surface area (Å²) in [7, 11) is 0. The number of pyridine rings is 1. The number of hydrogen-bond acceptors (Lipinski definition) is 9. The molecule has 2 N–H and O–H groups in total. The van der Waals surface area contributed by atoms with Crippen LogP contribution < -0.4 is 14.9 Å². The van der Waals surface area contributed by atoms with Crippen molar-refractivity contribution in [2.75, 3.05) is 13.2 Å². The highest BCUT2D eigenvalue weighted by Gasteiger charge is 2.30. The summed E-state index contributed by atoms with van der Waals surface area (Å²) in [5.74, 6) is 0.895. The lowest BCUT2D eigenvalue weighted by Gasteiger charge is -2.35. The third-order valence-electron chi connectivity index (χ3n) is 4.01. The maximum atomic E-state index is 11.0. The second-order valence-corrected chi connectivity index (χ2v) is 7.26. The molecule has 2 aromatic heterocycles. The molecule has 1 atom stereocenters. The van der Waals surface area contributed by atoms with Crippen LogP contribution in [-0.4, -0.2) is 46.5 Å². The SMILES string of the molecule is CC(=O)N[C@@H](C)CO[C@H]1C[C@H](COc2ccc3nc(OOO)sc3n2)C1. The number of ether oxygens (including phenoxy) is 2. The number of nitrogens with one attached hydrogen (secondary N) is 1. The van der Waals surface area contributed by atoms with Gasteiger partial charge in [-0.1, -0.05) is 11.3 Å². The van der Waals surface area contributed by atoms with Gasteiger partial charge in [0.15, 0.2) is 4.83 Å². The summed E-state index contributed by atoms with van der Waals surface area (Å²) in [5, 5.41) is 14.8. The number of rotatable bonds is 9. The van der Waals surface area contributed by atoms with Crippen LogP contribution in [0.1, 0.15) is 26.7 Å². The molecule has 0 saturated heterocycles. The molecule has 1 fully saturated rings. The first-order valence-corrected chi connectivity index (χ1v) is 9.12. The van der Waals surface area contributed by atoms with Crippen LogP contribution in [0.15, 0.2) is 12.1 Å². The number of hydrogen-bond donors (Lipinski definition) is 2. The first-order valence-electron chi connectivity index (χ1n) is 8.30. The molecule has 0 unspecified atom stereocenters. The van der Waals surface area contributed by atoms with E-state index in [2.05, 4.69) is 25.2 Å². The number of carbonyl (C=O) groups excluding carboxylic acids is 1. The van der Waals surface area contributed by atoms with Gasteiger partial charge in [0.2, 0.25) is 11.8 Å². The highest BCUT2D eigenvalue weighted by Crippen LogP contribution is 2.32. The van der Waals surface area contributed by atoms with Crippen LogP contribution in [0, 0.1) is 5.92 Å². The number of amides is 1. The monoisotopic (exact) mass is 383 g/mol. The normalized spacial score (nSPS) is 20.4. The smallest absolute Gasteiger partial charge is 0.318 e. The fourth-order valence-corrected chi connectivity index (χ4v) is 3.47. The molecule has 1 aliphatic rings. The number of carbonyl (C=O) groups is 1. The van der Waals surface area contributed by atoms with Gasteiger partial charge in [-0.2, -0.15) is 4.98 Å². The molecule has 0 bridgehead atoms. The van der Waals surface area contributed by atoms with Crippen molar-refractivity contribution in [2.24, 2.45) is 5.92 Å². The van der Waals surface area contributed by atoms with E-state index in [0.717, 1.165) is 24.2 Å². The summed E-state index contributed by atoms with van der Waals surface area (Å²) >= 11 is 1.14. The van der Waals surface area contributed by atoms with Crippen molar-refractivity contribution in [3.8, 4) is 11.1 Å². The minimum Gasteiger partial charge on any atom is -0.477 e. The van der Waals surface area contributed by atoms with Gasteiger partial charge in [0.1, 0.15) is 5.52 Å². The molecule has 26 heavy (non-hydrogen) atoms. The van der Waals surface area contributed by atoms with Gasteiger partial charge in [0.25, 0.3) is 0 Å². The zero-order valence-corrected chi connectivity index (χ0v) is 15.3. The Labute approximate surface area is 154 Å². The third-order valence-corrected chi connectivity index (χ3v) is 4.84. The van der Waals surface area contributed by atoms with E-state index in [9.17, 15) is 4.79 Å². The number of aromatic nitrogens is 2. The van der Waals surface area contributed by atoms with Crippen molar-refractivity contribution in [1.82, 2.24) is 15.3 Å². The lowest BCUT2D eigenvalue weighted by Crippen LogP contribution is -2.40. The van der Waals surface area contributed by atoms with Crippen LogP contribution in [0.4, 0.5) is 0 Å². The Morgan fingerprint density at radius 2 is 2.23 bits per heavy atom. The number of fused-ring (bicyclic) bond motifs is 1. The summed E-state index contributed by atoms with van der Waals surface area (Å²) in [4.78, 5) is 24.5. The fourth-order valence-electron chi connectivity index (χ4n) is 2.75. The molecule has 2 aromatic rings. The Morgan fingerprint density at radius 3 is 2.96 bits per heavy atom. The van der Waals surface area contributed by atoms with Crippen molar-refractivity contribution < 1.29 is 29.5 Å². The summed E-state index contributed by atoms with van der Waals surface area (Å²) in [5.41, 5.74) is 0.639. The lowest BCUT2D eigenvalue weighted by atomic mass is 9.83. The molecule has 0 aliphatic heterocycles. The summed E-state index contributed by atoms with van der Waals surface area (Å²) in [6.07, 6.45) is 2.08. The van der Waals surface area contributed by atoms with E-state index in [1.54, 1.807) is 12.1 Å². The van der Waals surface area contributed by atoms with Crippen LogP contribution >= 0.6 is 11.3 Å². The van der Waals surface area contributed by atoms with Crippen LogP contribution in [0.25, 0.3) is 10.3 Å². The quantitative estimate of drug-likeness (QED) is 0.500. The Kier molecular flexibility index (Phi) is 6.20. The van der Waals surface area contributed by atoms with Crippen LogP contribution in [0.3, 0.4) is 0 Å². The van der Waals surface area contributed by atoms with Gasteiger partial charge in [-0.25, -0.2) is 10.2 Å². The zero-order valence-electron chi connectivity index (χ0n) is 14.5. The number of thiazole rings is 1. The summed E-state index contributed by atoms with van der Waals surface area (Å²) < 4.78 is 11.5. The minimum absolute atomic E-state index is 0.0169. The molecule has 142 valence electrons. The van der Waals surface area contributed by atoms with Crippen molar-refractivity contribution in [3.05, 3.63) is 12.1 Å². The van der Waals surface area contributed by atoms with Gasteiger partial charge in [-0.15, -0.1) is 0 Å². The predicted molar refractivity (Wildman–Crippen MR) is 93.0 cm³/mol. The molecule has 0 radical (unpaired) electrons. The van der Waals surface area contributed by atoms with E-state index in [4.69, 9.17) is 14.7 Å². The second kappa shape index (κ2) is 8.58. The average Bonchev–Trinajstić information content (AvgIpc) is 2.94. The van der Waals surface area contributed by atoms with Gasteiger partial charge in [-0.05, 0) is 36.8 Å². The molecule has 0 spiro atoms. The molecule has 2 heterocycles. The van der Waals surface area contributed by atoms with E-state index in [0.29, 0.717) is 35.4 Å². The standard InChI is InChI=1S/C16H21N3O6S/c1-9(17-10(2)20)7-22-12-5-11(6-12)8-23-14-4-3-13-15(19-14)26-16(18-13)24-25-21/h3-4,9,11-12,21H,5-8H2,1-2H3,(H,17,20)/t9-,11-,12-/m0/s1. The van der Waals surface area contributed by atoms with Gasteiger partial charge >= 0.3 is 5.19 Å². The molecule has 0 aromatic carbocycles. The van der Waals surface area contributed by atoms with E-state index in [1.807, 2.05) is 6.92 Å². The van der Waals surface area contributed by atoms with E-state index in [1.165, 1.54) is 6.92 Å². The van der Waals surface area contributed by atoms with Crippen molar-refractivity contribution >= 4 is 27.6 Å². The van der Waals surface area contributed by atoms with E-state index in [-0.39, 0.29) is 23.2 Å². The van der Waals surface area contributed by atoms with E-state index >= 15 is 0 Å². The topological polar surface area (TPSA) is 112 Å². The summed E-state index contributed by atoms with van der Waals surface area (Å²) in [6, 6.07) is 3.53.